The van der Waals surface area contributed by atoms with E-state index in [4.69, 9.17) is 9.52 Å². The predicted molar refractivity (Wildman–Crippen MR) is 77.6 cm³/mol. The zero-order chi connectivity index (χ0) is 14.4. The summed E-state index contributed by atoms with van der Waals surface area (Å²) in [7, 11) is 0. The van der Waals surface area contributed by atoms with Crippen LogP contribution in [0.15, 0.2) is 4.42 Å². The summed E-state index contributed by atoms with van der Waals surface area (Å²) < 4.78 is 5.79. The van der Waals surface area contributed by atoms with E-state index in [2.05, 4.69) is 27.3 Å². The lowest BCUT2D eigenvalue weighted by atomic mass is 9.95. The van der Waals surface area contributed by atoms with Crippen LogP contribution in [0.2, 0.25) is 0 Å². The first kappa shape index (κ1) is 15.3. The highest BCUT2D eigenvalue weighted by Gasteiger charge is 2.24. The Labute approximate surface area is 120 Å². The maximum Gasteiger partial charge on any atom is 0.318 e. The lowest BCUT2D eigenvalue weighted by Crippen LogP contribution is -2.36. The largest absolute Gasteiger partial charge is 0.406 e. The molecule has 1 fully saturated rings. The van der Waals surface area contributed by atoms with E-state index in [1.807, 2.05) is 6.92 Å². The monoisotopic (exact) mass is 282 g/mol. The van der Waals surface area contributed by atoms with Gasteiger partial charge in [0.25, 0.3) is 0 Å². The molecule has 6 heteroatoms. The molecule has 0 aliphatic carbocycles. The Balaban J connectivity index is 1.93. The summed E-state index contributed by atoms with van der Waals surface area (Å²) >= 11 is 0. The highest BCUT2D eigenvalue weighted by molar-refractivity contribution is 5.25. The highest BCUT2D eigenvalue weighted by atomic mass is 16.4. The van der Waals surface area contributed by atoms with Crippen LogP contribution in [0.4, 0.5) is 6.01 Å². The van der Waals surface area contributed by atoms with Crippen molar-refractivity contribution in [3.8, 4) is 0 Å². The van der Waals surface area contributed by atoms with Crippen LogP contribution < -0.4 is 10.2 Å². The van der Waals surface area contributed by atoms with Crippen molar-refractivity contribution >= 4 is 6.01 Å². The molecule has 2 N–H and O–H groups in total. The quantitative estimate of drug-likeness (QED) is 0.793. The van der Waals surface area contributed by atoms with Gasteiger partial charge in [-0.3, -0.25) is 0 Å². The molecule has 20 heavy (non-hydrogen) atoms. The fourth-order valence-electron chi connectivity index (χ4n) is 2.63. The van der Waals surface area contributed by atoms with Gasteiger partial charge in [0.05, 0.1) is 6.04 Å². The van der Waals surface area contributed by atoms with Gasteiger partial charge < -0.3 is 19.7 Å². The smallest absolute Gasteiger partial charge is 0.318 e. The van der Waals surface area contributed by atoms with Crippen LogP contribution in [0.3, 0.4) is 0 Å². The molecule has 2 atom stereocenters. The average molecular weight is 282 g/mol. The number of hydrogen-bond donors (Lipinski definition) is 2. The summed E-state index contributed by atoms with van der Waals surface area (Å²) in [5.74, 6) is 1.18. The molecular formula is C14H26N4O2. The second-order valence-electron chi connectivity index (χ2n) is 5.57. The van der Waals surface area contributed by atoms with Crippen LogP contribution in [0.1, 0.15) is 51.5 Å². The fourth-order valence-corrected chi connectivity index (χ4v) is 2.63. The summed E-state index contributed by atoms with van der Waals surface area (Å²) in [6.07, 6.45) is 4.23. The van der Waals surface area contributed by atoms with Crippen LogP contribution >= 0.6 is 0 Å². The standard InChI is InChI=1S/C14H26N4O2/c1-3-7-15-11(2)13-16-17-14(20-13)18-8-4-5-12(10-18)6-9-19/h11-12,15,19H,3-10H2,1-2H3. The average Bonchev–Trinajstić information content (AvgIpc) is 2.95. The van der Waals surface area contributed by atoms with Gasteiger partial charge in [-0.2, -0.15) is 0 Å². The van der Waals surface area contributed by atoms with Crippen molar-refractivity contribution in [1.82, 2.24) is 15.5 Å². The summed E-state index contributed by atoms with van der Waals surface area (Å²) in [4.78, 5) is 2.15. The third-order valence-corrected chi connectivity index (χ3v) is 3.83. The Bertz CT molecular complexity index is 394. The van der Waals surface area contributed by atoms with Crippen LogP contribution in [0, 0.1) is 5.92 Å². The first-order valence-corrected chi connectivity index (χ1v) is 7.67. The molecule has 1 saturated heterocycles. The molecule has 0 spiro atoms. The van der Waals surface area contributed by atoms with Gasteiger partial charge in [-0.1, -0.05) is 12.0 Å². The van der Waals surface area contributed by atoms with Crippen molar-refractivity contribution < 1.29 is 9.52 Å². The Kier molecular flexibility index (Phi) is 5.79. The summed E-state index contributed by atoms with van der Waals surface area (Å²) in [5, 5.41) is 20.7. The van der Waals surface area contributed by atoms with E-state index >= 15 is 0 Å². The molecule has 1 aromatic rings. The molecule has 0 amide bonds. The number of aromatic nitrogens is 2. The van der Waals surface area contributed by atoms with Gasteiger partial charge in [0, 0.05) is 19.7 Å². The number of hydrogen-bond acceptors (Lipinski definition) is 6. The number of aliphatic hydroxyl groups is 1. The number of anilines is 1. The highest BCUT2D eigenvalue weighted by Crippen LogP contribution is 2.25. The number of piperidine rings is 1. The van der Waals surface area contributed by atoms with E-state index in [0.717, 1.165) is 38.9 Å². The van der Waals surface area contributed by atoms with Gasteiger partial charge in [0.15, 0.2) is 0 Å². The fraction of sp³-hybridized carbons (Fsp3) is 0.857. The maximum atomic E-state index is 9.06. The van der Waals surface area contributed by atoms with E-state index in [1.165, 1.54) is 6.42 Å². The van der Waals surface area contributed by atoms with Crippen molar-refractivity contribution in [3.63, 3.8) is 0 Å². The normalized spacial score (nSPS) is 21.1. The molecular weight excluding hydrogens is 256 g/mol. The molecule has 2 rings (SSSR count). The van der Waals surface area contributed by atoms with E-state index < -0.39 is 0 Å². The molecule has 1 aliphatic rings. The number of rotatable bonds is 7. The molecule has 0 radical (unpaired) electrons. The molecule has 6 nitrogen and oxygen atoms in total. The zero-order valence-corrected chi connectivity index (χ0v) is 12.5. The molecule has 1 aromatic heterocycles. The Morgan fingerprint density at radius 3 is 3.10 bits per heavy atom. The van der Waals surface area contributed by atoms with E-state index in [9.17, 15) is 0 Å². The van der Waals surface area contributed by atoms with Crippen LogP contribution in [0.25, 0.3) is 0 Å². The minimum absolute atomic E-state index is 0.0919. The Morgan fingerprint density at radius 2 is 2.35 bits per heavy atom. The van der Waals surface area contributed by atoms with Gasteiger partial charge >= 0.3 is 6.01 Å². The minimum Gasteiger partial charge on any atom is -0.406 e. The molecule has 114 valence electrons. The first-order chi connectivity index (χ1) is 9.74. The van der Waals surface area contributed by atoms with Crippen LogP contribution in [-0.4, -0.2) is 41.5 Å². The van der Waals surface area contributed by atoms with Crippen molar-refractivity contribution in [1.29, 1.82) is 0 Å². The van der Waals surface area contributed by atoms with Gasteiger partial charge in [0.2, 0.25) is 5.89 Å². The molecule has 2 heterocycles. The second kappa shape index (κ2) is 7.59. The summed E-state index contributed by atoms with van der Waals surface area (Å²) in [5.41, 5.74) is 0. The van der Waals surface area contributed by atoms with Crippen molar-refractivity contribution in [2.24, 2.45) is 5.92 Å². The van der Waals surface area contributed by atoms with E-state index in [1.54, 1.807) is 0 Å². The second-order valence-corrected chi connectivity index (χ2v) is 5.57. The van der Waals surface area contributed by atoms with Crippen molar-refractivity contribution in [3.05, 3.63) is 5.89 Å². The topological polar surface area (TPSA) is 74.4 Å². The number of aliphatic hydroxyl groups excluding tert-OH is 1. The molecule has 1 aliphatic heterocycles. The number of nitrogens with one attached hydrogen (secondary N) is 1. The van der Waals surface area contributed by atoms with Gasteiger partial charge in [0.1, 0.15) is 0 Å². The third-order valence-electron chi connectivity index (χ3n) is 3.83. The lowest BCUT2D eigenvalue weighted by Gasteiger charge is -2.30. The molecule has 2 unspecified atom stereocenters. The predicted octanol–water partition coefficient (Wildman–Crippen LogP) is 1.73. The summed E-state index contributed by atoms with van der Waals surface area (Å²) in [6, 6.07) is 0.710. The Hall–Kier alpha value is -1.14. The molecule has 0 aromatic carbocycles. The SMILES string of the molecule is CCCNC(C)c1nnc(N2CCCC(CCO)C2)o1. The van der Waals surface area contributed by atoms with Gasteiger partial charge in [-0.15, -0.1) is 5.10 Å². The maximum absolute atomic E-state index is 9.06. The molecule has 0 bridgehead atoms. The van der Waals surface area contributed by atoms with Gasteiger partial charge in [-0.05, 0) is 45.1 Å². The van der Waals surface area contributed by atoms with Gasteiger partial charge in [-0.25, -0.2) is 0 Å². The minimum atomic E-state index is 0.0919. The van der Waals surface area contributed by atoms with E-state index in [-0.39, 0.29) is 12.6 Å². The lowest BCUT2D eigenvalue weighted by molar-refractivity contribution is 0.242. The number of nitrogens with zero attached hydrogens (tertiary/aromatic N) is 3. The molecule has 0 saturated carbocycles. The Morgan fingerprint density at radius 1 is 1.50 bits per heavy atom. The van der Waals surface area contributed by atoms with Crippen LogP contribution in [0.5, 0.6) is 0 Å². The first-order valence-electron chi connectivity index (χ1n) is 7.67. The third kappa shape index (κ3) is 3.93. The van der Waals surface area contributed by atoms with Crippen molar-refractivity contribution in [2.75, 3.05) is 31.1 Å². The summed E-state index contributed by atoms with van der Waals surface area (Å²) in [6.45, 7) is 7.23. The zero-order valence-electron chi connectivity index (χ0n) is 12.5. The van der Waals surface area contributed by atoms with E-state index in [0.29, 0.717) is 17.8 Å². The van der Waals surface area contributed by atoms with Crippen molar-refractivity contribution in [2.45, 2.75) is 45.6 Å². The van der Waals surface area contributed by atoms with Crippen LogP contribution in [-0.2, 0) is 0 Å².